The smallest absolute Gasteiger partial charge is 0.256 e. The van der Waals surface area contributed by atoms with Gasteiger partial charge in [0, 0.05) is 6.42 Å². The number of halogens is 3. The van der Waals surface area contributed by atoms with E-state index >= 15 is 0 Å². The lowest BCUT2D eigenvalue weighted by atomic mass is 9.87. The Bertz CT molecular complexity index is 932. The van der Waals surface area contributed by atoms with Crippen LogP contribution in [0.3, 0.4) is 0 Å². The number of aliphatic hydroxyl groups excluding tert-OH is 2. The van der Waals surface area contributed by atoms with Crippen LogP contribution in [-0.2, 0) is 0 Å². The van der Waals surface area contributed by atoms with Crippen molar-refractivity contribution in [2.45, 2.75) is 25.0 Å². The van der Waals surface area contributed by atoms with Crippen LogP contribution in [0.5, 0.6) is 0 Å². The van der Waals surface area contributed by atoms with Crippen molar-refractivity contribution >= 4 is 17.3 Å². The lowest BCUT2D eigenvalue weighted by Gasteiger charge is -2.47. The summed E-state index contributed by atoms with van der Waals surface area (Å²) in [5, 5.41) is 31.1. The Morgan fingerprint density at radius 2 is 1.90 bits per heavy atom. The Hall–Kier alpha value is -2.62. The predicted octanol–water partition coefficient (Wildman–Crippen LogP) is 2.09. The van der Waals surface area contributed by atoms with Gasteiger partial charge in [0.05, 0.1) is 42.7 Å². The van der Waals surface area contributed by atoms with Gasteiger partial charge < -0.3 is 25.5 Å². The third-order valence-electron chi connectivity index (χ3n) is 4.79. The number of nitrogens with one attached hydrogen (secondary N) is 1. The van der Waals surface area contributed by atoms with Gasteiger partial charge in [-0.3, -0.25) is 4.79 Å². The minimum absolute atomic E-state index is 0.125. The van der Waals surface area contributed by atoms with Crippen molar-refractivity contribution < 1.29 is 33.3 Å². The van der Waals surface area contributed by atoms with Crippen LogP contribution >= 0.6 is 0 Å². The first-order chi connectivity index (χ1) is 13.6. The molecule has 4 N–H and O–H groups in total. The zero-order valence-electron chi connectivity index (χ0n) is 15.6. The fraction of sp³-hybridized carbons (Fsp3) is 0.350. The number of amides is 1. The third-order valence-corrected chi connectivity index (χ3v) is 4.79. The molecule has 1 unspecified atom stereocenters. The van der Waals surface area contributed by atoms with Gasteiger partial charge in [0.25, 0.3) is 5.91 Å². The minimum Gasteiger partial charge on any atom is -0.394 e. The van der Waals surface area contributed by atoms with Crippen molar-refractivity contribution in [1.29, 1.82) is 0 Å². The second-order valence-electron chi connectivity index (χ2n) is 7.32. The highest BCUT2D eigenvalue weighted by Crippen LogP contribution is 2.32. The van der Waals surface area contributed by atoms with E-state index in [1.54, 1.807) is 13.0 Å². The molecule has 2 aromatic carbocycles. The molecule has 0 spiro atoms. The Balaban J connectivity index is 1.85. The average Bonchev–Trinajstić information content (AvgIpc) is 2.64. The molecule has 0 radical (unpaired) electrons. The van der Waals surface area contributed by atoms with E-state index in [-0.39, 0.29) is 30.8 Å². The van der Waals surface area contributed by atoms with E-state index in [0.29, 0.717) is 5.56 Å². The summed E-state index contributed by atoms with van der Waals surface area (Å²) < 4.78 is 42.3. The average molecular weight is 410 g/mol. The van der Waals surface area contributed by atoms with Gasteiger partial charge in [0.2, 0.25) is 0 Å². The largest absolute Gasteiger partial charge is 0.394 e. The van der Waals surface area contributed by atoms with Crippen molar-refractivity contribution in [1.82, 2.24) is 4.90 Å². The monoisotopic (exact) mass is 410 g/mol. The standard InChI is InChI=1S/C20H21F3N2O4/c1-11-2-5-16(15(22)6-11)24-18-13(3-4-14(21)17(18)23)19(28)25-9-20(29,10-25)7-12(27)8-26/h2-6,12,24,26-27,29H,7-10H2,1H3. The summed E-state index contributed by atoms with van der Waals surface area (Å²) in [4.78, 5) is 14.0. The fourth-order valence-electron chi connectivity index (χ4n) is 3.32. The topological polar surface area (TPSA) is 93.0 Å². The molecule has 1 fully saturated rings. The van der Waals surface area contributed by atoms with Gasteiger partial charge in [-0.25, -0.2) is 13.2 Å². The number of benzene rings is 2. The van der Waals surface area contributed by atoms with Crippen LogP contribution in [0.1, 0.15) is 22.3 Å². The van der Waals surface area contributed by atoms with Crippen LogP contribution in [0.15, 0.2) is 30.3 Å². The molecule has 1 heterocycles. The lowest BCUT2D eigenvalue weighted by Crippen LogP contribution is -2.64. The molecular weight excluding hydrogens is 389 g/mol. The number of β-amino-alcohol motifs (C(OH)–C–C–N with tert-alkyl or cyclic N) is 1. The number of carbonyl (C=O) groups is 1. The van der Waals surface area contributed by atoms with E-state index in [1.165, 1.54) is 17.0 Å². The maximum absolute atomic E-state index is 14.4. The Labute approximate surface area is 165 Å². The maximum atomic E-state index is 14.4. The molecule has 0 saturated carbocycles. The van der Waals surface area contributed by atoms with Gasteiger partial charge in [-0.2, -0.15) is 0 Å². The summed E-state index contributed by atoms with van der Waals surface area (Å²) in [6.07, 6.45) is -1.27. The van der Waals surface area contributed by atoms with Crippen LogP contribution in [0.25, 0.3) is 0 Å². The molecule has 2 aromatic rings. The molecule has 3 rings (SSSR count). The molecule has 1 aliphatic heterocycles. The van der Waals surface area contributed by atoms with Crippen molar-refractivity contribution in [3.05, 3.63) is 58.9 Å². The number of nitrogens with zero attached hydrogens (tertiary/aromatic N) is 1. The van der Waals surface area contributed by atoms with E-state index in [9.17, 15) is 28.2 Å². The first-order valence-electron chi connectivity index (χ1n) is 8.95. The summed E-state index contributed by atoms with van der Waals surface area (Å²) in [6.45, 7) is 0.833. The molecule has 156 valence electrons. The van der Waals surface area contributed by atoms with Crippen LogP contribution < -0.4 is 5.32 Å². The normalized spacial score (nSPS) is 16.3. The second kappa shape index (κ2) is 8.02. The van der Waals surface area contributed by atoms with Crippen molar-refractivity contribution in [3.63, 3.8) is 0 Å². The summed E-state index contributed by atoms with van der Waals surface area (Å²) in [5.74, 6) is -3.92. The number of anilines is 2. The Morgan fingerprint density at radius 3 is 2.52 bits per heavy atom. The highest BCUT2D eigenvalue weighted by Gasteiger charge is 2.45. The van der Waals surface area contributed by atoms with Gasteiger partial charge in [0.15, 0.2) is 11.6 Å². The molecule has 0 aliphatic carbocycles. The predicted molar refractivity (Wildman–Crippen MR) is 99.3 cm³/mol. The van der Waals surface area contributed by atoms with E-state index in [4.69, 9.17) is 5.11 Å². The molecule has 6 nitrogen and oxygen atoms in total. The molecular formula is C20H21F3N2O4. The molecule has 9 heteroatoms. The van der Waals surface area contributed by atoms with Crippen LogP contribution in [0.4, 0.5) is 24.5 Å². The van der Waals surface area contributed by atoms with Gasteiger partial charge in [-0.05, 0) is 36.8 Å². The number of aliphatic hydroxyl groups is 3. The van der Waals surface area contributed by atoms with Crippen molar-refractivity contribution in [2.24, 2.45) is 0 Å². The van der Waals surface area contributed by atoms with Crippen molar-refractivity contribution in [3.8, 4) is 0 Å². The van der Waals surface area contributed by atoms with E-state index in [1.807, 2.05) is 0 Å². The zero-order valence-corrected chi connectivity index (χ0v) is 15.6. The minimum atomic E-state index is -1.38. The first-order valence-corrected chi connectivity index (χ1v) is 8.95. The fourth-order valence-corrected chi connectivity index (χ4v) is 3.32. The van der Waals surface area contributed by atoms with Crippen molar-refractivity contribution in [2.75, 3.05) is 25.0 Å². The molecule has 0 bridgehead atoms. The van der Waals surface area contributed by atoms with E-state index in [2.05, 4.69) is 5.32 Å². The highest BCUT2D eigenvalue weighted by atomic mass is 19.2. The van der Waals surface area contributed by atoms with Crippen LogP contribution in [0, 0.1) is 24.4 Å². The van der Waals surface area contributed by atoms with Gasteiger partial charge >= 0.3 is 0 Å². The molecule has 29 heavy (non-hydrogen) atoms. The molecule has 1 atom stereocenters. The third kappa shape index (κ3) is 4.36. The van der Waals surface area contributed by atoms with E-state index < -0.39 is 47.4 Å². The number of rotatable bonds is 6. The summed E-state index contributed by atoms with van der Waals surface area (Å²) in [5.41, 5.74) is -1.61. The SMILES string of the molecule is Cc1ccc(Nc2c(C(=O)N3CC(O)(CC(O)CO)C3)ccc(F)c2F)c(F)c1. The maximum Gasteiger partial charge on any atom is 0.256 e. The number of hydrogen-bond acceptors (Lipinski definition) is 5. The summed E-state index contributed by atoms with van der Waals surface area (Å²) >= 11 is 0. The van der Waals surface area contributed by atoms with Crippen LogP contribution in [0.2, 0.25) is 0 Å². The molecule has 1 saturated heterocycles. The lowest BCUT2D eigenvalue weighted by molar-refractivity contribution is -0.109. The number of aryl methyl sites for hydroxylation is 1. The Morgan fingerprint density at radius 1 is 1.21 bits per heavy atom. The molecule has 1 aliphatic rings. The number of carbonyl (C=O) groups excluding carboxylic acids is 1. The van der Waals surface area contributed by atoms with Gasteiger partial charge in [-0.15, -0.1) is 0 Å². The second-order valence-corrected chi connectivity index (χ2v) is 7.32. The molecule has 0 aromatic heterocycles. The first kappa shape index (κ1) is 21.1. The van der Waals surface area contributed by atoms with Gasteiger partial charge in [0.1, 0.15) is 11.4 Å². The summed E-state index contributed by atoms with van der Waals surface area (Å²) in [7, 11) is 0. The molecule has 1 amide bonds. The number of likely N-dealkylation sites (tertiary alicyclic amines) is 1. The highest BCUT2D eigenvalue weighted by molar-refractivity contribution is 6.01. The van der Waals surface area contributed by atoms with E-state index in [0.717, 1.165) is 12.1 Å². The summed E-state index contributed by atoms with van der Waals surface area (Å²) in [6, 6.07) is 6.01. The zero-order chi connectivity index (χ0) is 21.3. The quantitative estimate of drug-likeness (QED) is 0.585. The van der Waals surface area contributed by atoms with Crippen LogP contribution in [-0.4, -0.2) is 57.5 Å². The van der Waals surface area contributed by atoms with Gasteiger partial charge in [-0.1, -0.05) is 6.07 Å². The number of hydrogen-bond donors (Lipinski definition) is 4. The Kier molecular flexibility index (Phi) is 5.83.